The molecule has 0 aliphatic heterocycles. The van der Waals surface area contributed by atoms with Gasteiger partial charge in [-0.25, -0.2) is 4.68 Å². The second-order valence-corrected chi connectivity index (χ2v) is 6.58. The summed E-state index contributed by atoms with van der Waals surface area (Å²) in [7, 11) is 0. The molecule has 2 rings (SSSR count). The lowest BCUT2D eigenvalue weighted by Crippen LogP contribution is -2.38. The maximum Gasteiger partial charge on any atom is 0.226 e. The van der Waals surface area contributed by atoms with E-state index < -0.39 is 0 Å². The van der Waals surface area contributed by atoms with Crippen molar-refractivity contribution in [2.24, 2.45) is 0 Å². The van der Waals surface area contributed by atoms with Gasteiger partial charge >= 0.3 is 0 Å². The quantitative estimate of drug-likeness (QED) is 0.582. The fourth-order valence-electron chi connectivity index (χ4n) is 1.94. The number of thioether (sulfide) groups is 1. The molecule has 0 unspecified atom stereocenters. The molecule has 0 radical (unpaired) electrons. The first-order valence-electron chi connectivity index (χ1n) is 7.79. The summed E-state index contributed by atoms with van der Waals surface area (Å²) in [6.07, 6.45) is 2.28. The van der Waals surface area contributed by atoms with Gasteiger partial charge in [-0.05, 0) is 31.1 Å². The Bertz CT molecular complexity index is 687. The minimum atomic E-state index is -0.0847. The van der Waals surface area contributed by atoms with Gasteiger partial charge in [-0.15, -0.1) is 10.2 Å². The first-order valence-corrected chi connectivity index (χ1v) is 9.19. The largest absolute Gasteiger partial charge is 0.302 e. The van der Waals surface area contributed by atoms with Crippen molar-refractivity contribution >= 4 is 35.0 Å². The minimum Gasteiger partial charge on any atom is -0.302 e. The predicted molar refractivity (Wildman–Crippen MR) is 100 cm³/mol. The molecule has 128 valence electrons. The molecule has 0 aliphatic carbocycles. The van der Waals surface area contributed by atoms with Gasteiger partial charge in [0.25, 0.3) is 0 Å². The van der Waals surface area contributed by atoms with E-state index in [0.29, 0.717) is 17.4 Å². The number of aryl methyl sites for hydroxylation is 1. The van der Waals surface area contributed by atoms with Crippen molar-refractivity contribution in [3.8, 4) is 0 Å². The fourth-order valence-corrected chi connectivity index (χ4v) is 3.04. The normalized spacial score (nSPS) is 10.4. The Balaban J connectivity index is 1.94. The summed E-state index contributed by atoms with van der Waals surface area (Å²) in [6.45, 7) is 3.87. The molecule has 1 aromatic heterocycles. The van der Waals surface area contributed by atoms with Gasteiger partial charge in [0.15, 0.2) is 5.11 Å². The maximum absolute atomic E-state index is 11.7. The van der Waals surface area contributed by atoms with Crippen LogP contribution in [0.1, 0.15) is 37.6 Å². The van der Waals surface area contributed by atoms with Crippen molar-refractivity contribution in [2.45, 2.75) is 44.0 Å². The van der Waals surface area contributed by atoms with Crippen molar-refractivity contribution < 1.29 is 4.79 Å². The molecule has 0 saturated heterocycles. The van der Waals surface area contributed by atoms with E-state index in [1.807, 2.05) is 32.0 Å². The van der Waals surface area contributed by atoms with Crippen LogP contribution in [-0.4, -0.2) is 25.9 Å². The lowest BCUT2D eigenvalue weighted by Gasteiger charge is -2.13. The van der Waals surface area contributed by atoms with Gasteiger partial charge in [0.2, 0.25) is 11.1 Å². The number of benzene rings is 1. The van der Waals surface area contributed by atoms with Crippen LogP contribution in [0, 0.1) is 6.92 Å². The molecule has 0 atom stereocenters. The highest BCUT2D eigenvalue weighted by atomic mass is 32.2. The van der Waals surface area contributed by atoms with Gasteiger partial charge in [0.1, 0.15) is 5.82 Å². The minimum absolute atomic E-state index is 0.0847. The number of amides is 1. The molecule has 1 heterocycles. The number of aromatic nitrogens is 3. The Morgan fingerprint density at radius 1 is 1.29 bits per heavy atom. The van der Waals surface area contributed by atoms with Crippen molar-refractivity contribution in [1.29, 1.82) is 0 Å². The third kappa shape index (κ3) is 5.61. The summed E-state index contributed by atoms with van der Waals surface area (Å²) in [4.78, 5) is 11.7. The van der Waals surface area contributed by atoms with E-state index in [9.17, 15) is 4.79 Å². The summed E-state index contributed by atoms with van der Waals surface area (Å²) in [5.41, 5.74) is 4.17. The summed E-state index contributed by atoms with van der Waals surface area (Å²) in [6, 6.07) is 10.1. The second-order valence-electron chi connectivity index (χ2n) is 5.23. The molecule has 1 amide bonds. The van der Waals surface area contributed by atoms with Crippen LogP contribution in [0.4, 0.5) is 0 Å². The highest BCUT2D eigenvalue weighted by molar-refractivity contribution is 7.98. The zero-order chi connectivity index (χ0) is 17.4. The van der Waals surface area contributed by atoms with Crippen LogP contribution < -0.4 is 10.7 Å². The summed E-state index contributed by atoms with van der Waals surface area (Å²) < 4.78 is 1.69. The number of hydrogen-bond donors (Lipinski definition) is 2. The number of nitrogens with one attached hydrogen (secondary N) is 2. The Labute approximate surface area is 151 Å². The molecule has 24 heavy (non-hydrogen) atoms. The monoisotopic (exact) mass is 363 g/mol. The van der Waals surface area contributed by atoms with E-state index in [4.69, 9.17) is 12.2 Å². The van der Waals surface area contributed by atoms with E-state index in [0.717, 1.165) is 18.6 Å². The molecule has 0 saturated carbocycles. The van der Waals surface area contributed by atoms with E-state index >= 15 is 0 Å². The van der Waals surface area contributed by atoms with Crippen molar-refractivity contribution in [3.63, 3.8) is 0 Å². The van der Waals surface area contributed by atoms with Gasteiger partial charge in [-0.1, -0.05) is 55.4 Å². The molecular formula is C16H21N5OS2. The molecule has 0 aliphatic rings. The third-order valence-electron chi connectivity index (χ3n) is 3.23. The van der Waals surface area contributed by atoms with Crippen LogP contribution in [0.5, 0.6) is 0 Å². The van der Waals surface area contributed by atoms with E-state index in [2.05, 4.69) is 33.1 Å². The molecule has 0 spiro atoms. The Morgan fingerprint density at radius 2 is 2.04 bits per heavy atom. The van der Waals surface area contributed by atoms with Gasteiger partial charge in [-0.3, -0.25) is 10.2 Å². The lowest BCUT2D eigenvalue weighted by atomic mass is 10.2. The lowest BCUT2D eigenvalue weighted by molar-refractivity contribution is -0.119. The summed E-state index contributed by atoms with van der Waals surface area (Å²) in [5.74, 6) is 1.37. The van der Waals surface area contributed by atoms with E-state index in [1.165, 1.54) is 5.56 Å². The zero-order valence-corrected chi connectivity index (χ0v) is 15.4. The Morgan fingerprint density at radius 3 is 2.75 bits per heavy atom. The molecule has 0 fully saturated rings. The molecule has 2 aromatic rings. The second kappa shape index (κ2) is 9.39. The van der Waals surface area contributed by atoms with Crippen LogP contribution in [-0.2, 0) is 10.5 Å². The first kappa shape index (κ1) is 18.4. The van der Waals surface area contributed by atoms with Crippen LogP contribution >= 0.6 is 24.0 Å². The van der Waals surface area contributed by atoms with Crippen molar-refractivity contribution in [2.75, 3.05) is 5.43 Å². The fraction of sp³-hybridized carbons (Fsp3) is 0.375. The zero-order valence-electron chi connectivity index (χ0n) is 13.8. The average molecular weight is 364 g/mol. The third-order valence-corrected chi connectivity index (χ3v) is 4.42. The Hall–Kier alpha value is -1.93. The number of carbonyl (C=O) groups excluding carboxylic acids is 1. The van der Waals surface area contributed by atoms with Crippen LogP contribution in [0.25, 0.3) is 0 Å². The molecular weight excluding hydrogens is 342 g/mol. The molecule has 2 N–H and O–H groups in total. The van der Waals surface area contributed by atoms with Gasteiger partial charge in [-0.2, -0.15) is 0 Å². The maximum atomic E-state index is 11.7. The highest BCUT2D eigenvalue weighted by Gasteiger charge is 2.12. The number of carbonyl (C=O) groups is 1. The smallest absolute Gasteiger partial charge is 0.226 e. The van der Waals surface area contributed by atoms with Crippen molar-refractivity contribution in [1.82, 2.24) is 20.2 Å². The number of thiocarbonyl (C=S) groups is 1. The summed E-state index contributed by atoms with van der Waals surface area (Å²) >= 11 is 6.75. The van der Waals surface area contributed by atoms with Crippen LogP contribution in [0.2, 0.25) is 0 Å². The highest BCUT2D eigenvalue weighted by Crippen LogP contribution is 2.20. The summed E-state index contributed by atoms with van der Waals surface area (Å²) in [5, 5.41) is 11.8. The molecule has 6 nitrogen and oxygen atoms in total. The molecule has 8 heteroatoms. The Kier molecular flexibility index (Phi) is 7.20. The molecule has 0 bridgehead atoms. The number of hydrogen-bond acceptors (Lipinski definition) is 5. The average Bonchev–Trinajstić information content (AvgIpc) is 2.92. The number of nitrogens with zero attached hydrogens (tertiary/aromatic N) is 3. The topological polar surface area (TPSA) is 71.8 Å². The van der Waals surface area contributed by atoms with Crippen LogP contribution in [0.15, 0.2) is 35.5 Å². The van der Waals surface area contributed by atoms with Crippen molar-refractivity contribution in [3.05, 3.63) is 41.7 Å². The van der Waals surface area contributed by atoms with E-state index in [-0.39, 0.29) is 11.0 Å². The van der Waals surface area contributed by atoms with Gasteiger partial charge < -0.3 is 5.32 Å². The first-order chi connectivity index (χ1) is 11.6. The number of rotatable bonds is 7. The standard InChI is InChI=1S/C16H21N5OS2/c1-3-4-10-14(22)17-15(23)20-21-12(2)18-19-16(21)24-11-13-8-6-5-7-9-13/h5-9H,3-4,10-11H2,1-2H3,(H2,17,20,22,23). The van der Waals surface area contributed by atoms with Crippen LogP contribution in [0.3, 0.4) is 0 Å². The van der Waals surface area contributed by atoms with E-state index in [1.54, 1.807) is 16.4 Å². The molecule has 1 aromatic carbocycles. The SMILES string of the molecule is CCCCC(=O)NC(=S)Nn1c(C)nnc1SCc1ccccc1. The predicted octanol–water partition coefficient (Wildman–Crippen LogP) is 3.01. The van der Waals surface area contributed by atoms with Gasteiger partial charge in [0, 0.05) is 12.2 Å². The van der Waals surface area contributed by atoms with Gasteiger partial charge in [0.05, 0.1) is 0 Å². The number of unbranched alkanes of at least 4 members (excludes halogenated alkanes) is 1.